The van der Waals surface area contributed by atoms with Crippen molar-refractivity contribution in [2.75, 3.05) is 44.7 Å². The molecule has 0 aromatic heterocycles. The predicted octanol–water partition coefficient (Wildman–Crippen LogP) is -8.79. The van der Waals surface area contributed by atoms with Gasteiger partial charge < -0.3 is 39.9 Å². The molecule has 0 unspecified atom stereocenters. The van der Waals surface area contributed by atoms with E-state index < -0.39 is 103 Å². The Labute approximate surface area is 481 Å². The Morgan fingerprint density at radius 2 is 1.15 bits per heavy atom. The van der Waals surface area contributed by atoms with E-state index in [1.165, 1.54) is 27.0 Å². The Kier molecular flexibility index (Phi) is 30.8. The van der Waals surface area contributed by atoms with Crippen molar-refractivity contribution in [2.24, 2.45) is 20.5 Å². The molecule has 4 aromatic rings. The predicted molar refractivity (Wildman–Crippen MR) is 212 cm³/mol. The normalized spacial score (nSPS) is 11.9. The molecule has 4 rings (SSSR count). The van der Waals surface area contributed by atoms with Crippen molar-refractivity contribution >= 4 is 104 Å². The van der Waals surface area contributed by atoms with Crippen LogP contribution in [0, 0.1) is 13.8 Å². The fraction of sp³-hybridized carbons (Fsp3) is 0.290. The number of sulfone groups is 2. The molecule has 0 aliphatic carbocycles. The quantitative estimate of drug-likeness (QED) is 0.00849. The van der Waals surface area contributed by atoms with Crippen LogP contribution in [0.2, 0.25) is 0 Å². The maximum absolute atomic E-state index is 13.0. The van der Waals surface area contributed by atoms with Crippen molar-refractivity contribution in [1.29, 1.82) is 0 Å². The maximum Gasteiger partial charge on any atom is 1.00 e. The molecule has 0 spiro atoms. The number of rotatable bonds is 22. The summed E-state index contributed by atoms with van der Waals surface area (Å²) in [7, 11) is -16.7. The maximum atomic E-state index is 13.0. The fourth-order valence-corrected chi connectivity index (χ4v) is 9.94. The molecule has 4 aromatic carbocycles. The molecule has 0 aliphatic heterocycles. The molecule has 0 amide bonds. The molecule has 348 valence electrons. The van der Waals surface area contributed by atoms with E-state index in [1.54, 1.807) is 0 Å². The van der Waals surface area contributed by atoms with E-state index in [1.807, 2.05) is 0 Å². The molecule has 0 saturated heterocycles. The first-order valence-electron chi connectivity index (χ1n) is 16.2. The van der Waals surface area contributed by atoms with E-state index >= 15 is 0 Å². The summed E-state index contributed by atoms with van der Waals surface area (Å²) in [6.45, 7) is 1.31. The first kappa shape index (κ1) is 68.7. The largest absolute Gasteiger partial charge is 1.00 e. The Morgan fingerprint density at radius 3 is 1.60 bits per heavy atom. The zero-order valence-corrected chi connectivity index (χ0v) is 48.6. The van der Waals surface area contributed by atoms with Crippen LogP contribution in [-0.2, 0) is 67.3 Å². The Morgan fingerprint density at radius 1 is 0.672 bits per heavy atom. The minimum absolute atomic E-state index is 0. The number of nitrogens with two attached hydrogens (primary N) is 1. The van der Waals surface area contributed by atoms with E-state index in [-0.39, 0.29) is 199 Å². The average molecular weight is 1100 g/mol. The fourth-order valence-electron chi connectivity index (χ4n) is 5.36. The summed E-state index contributed by atoms with van der Waals surface area (Å²) >= 11 is 0.282. The topological polar surface area (TPSA) is 398 Å². The van der Waals surface area contributed by atoms with E-state index in [0.29, 0.717) is 0 Å². The van der Waals surface area contributed by atoms with Crippen molar-refractivity contribution in [3.8, 4) is 17.2 Å². The van der Waals surface area contributed by atoms with Gasteiger partial charge in [0.05, 0.1) is 81.6 Å². The molecule has 0 atom stereocenters. The summed E-state index contributed by atoms with van der Waals surface area (Å²) < 4.78 is 149. The van der Waals surface area contributed by atoms with Crippen molar-refractivity contribution in [1.82, 2.24) is 0 Å². The van der Waals surface area contributed by atoms with Crippen LogP contribution in [0.15, 0.2) is 76.4 Å². The van der Waals surface area contributed by atoms with Gasteiger partial charge in [-0.15, -0.1) is 24.8 Å². The number of nitrogens with zero attached hydrogens (tertiary/aromatic N) is 4. The van der Waals surface area contributed by atoms with E-state index in [0.717, 1.165) is 37.4 Å². The van der Waals surface area contributed by atoms with Gasteiger partial charge in [0, 0.05) is 12.1 Å². The van der Waals surface area contributed by atoms with Crippen molar-refractivity contribution < 1.29 is 213 Å². The van der Waals surface area contributed by atoms with Crippen molar-refractivity contribution in [3.05, 3.63) is 47.5 Å². The van der Waals surface area contributed by atoms with Gasteiger partial charge in [-0.2, -0.15) is 4.33 Å². The average Bonchev–Trinajstić information content (AvgIpc) is 3.17. The summed E-state index contributed by atoms with van der Waals surface area (Å²) in [6.07, 6.45) is 0. The van der Waals surface area contributed by atoms with Crippen LogP contribution in [0.5, 0.6) is 17.2 Å². The number of ether oxygens (including phenoxy) is 2. The van der Waals surface area contributed by atoms with Crippen LogP contribution in [0.1, 0.15) is 18.6 Å². The number of azo groups is 2. The van der Waals surface area contributed by atoms with Gasteiger partial charge in [0.15, 0.2) is 37.7 Å². The smallest absolute Gasteiger partial charge is 0.744 e. The molecule has 3 N–H and O–H groups in total. The van der Waals surface area contributed by atoms with E-state index in [4.69, 9.17) is 19.4 Å². The van der Waals surface area contributed by atoms with Gasteiger partial charge >= 0.3 is 118 Å². The van der Waals surface area contributed by atoms with Crippen LogP contribution in [-0.4, -0.2) is 86.8 Å². The monoisotopic (exact) mass is 1090 g/mol. The second-order valence-corrected chi connectivity index (χ2v) is 19.7. The number of hydrogen-bond donors (Lipinski definition) is 2. The number of aryl methyl sites for hydroxylation is 2. The molecular weight excluding hydrogens is 1060 g/mol. The number of phenolic OH excluding ortho intramolecular Hbond substituents is 1. The van der Waals surface area contributed by atoms with Gasteiger partial charge in [-0.25, -0.2) is 33.7 Å². The molecule has 0 heterocycles. The first-order valence-corrected chi connectivity index (χ1v) is 23.7. The third kappa shape index (κ3) is 18.6. The van der Waals surface area contributed by atoms with Gasteiger partial charge in [0.25, 0.3) is 0 Å². The summed E-state index contributed by atoms with van der Waals surface area (Å²) in [5.74, 6) is -2.78. The number of phenols is 1. The molecule has 0 radical (unpaired) electrons. The van der Waals surface area contributed by atoms with E-state index in [2.05, 4.69) is 43.4 Å². The molecule has 0 aliphatic rings. The van der Waals surface area contributed by atoms with Gasteiger partial charge in [0.1, 0.15) is 44.4 Å². The summed E-state index contributed by atoms with van der Waals surface area (Å²) in [5.41, 5.74) is 4.13. The van der Waals surface area contributed by atoms with Crippen LogP contribution in [0.3, 0.4) is 0 Å². The first-order chi connectivity index (χ1) is 29.0. The second kappa shape index (κ2) is 30.0. The van der Waals surface area contributed by atoms with Crippen LogP contribution < -0.4 is 144 Å². The minimum atomic E-state index is -5.45. The molecule has 36 heteroatoms. The third-order valence-corrected chi connectivity index (χ3v) is 13.9. The van der Waals surface area contributed by atoms with Crippen LogP contribution >= 0.6 is 24.4 Å². The summed E-state index contributed by atoms with van der Waals surface area (Å²) in [5, 5.41) is 54.0. The number of aromatic hydroxyl groups is 1. The standard InChI is InChI=1S/C30H33N5O21S6.CH4.4Na/c1-15-9-18(20(49-3)13-23(15)59(39,40)7-5-51-58-56-54-38)32-34-28-22(57-55-53-37)11-17-12-25(61(43,44)45)29(27(31)26(17)30(28)36)35-33-19-10-16(2)24(14-21(19)50-4)60(41,42)8-6-52-62(46,47)48;;;;;/h9-14,36-38H,5-8,31H2,1-4H3,(H,43,44,45)(H,46,47,48);1H4;;;;/q;;4*+1/p-4. The number of benzene rings is 4. The molecule has 0 fully saturated rings. The van der Waals surface area contributed by atoms with E-state index in [9.17, 15) is 58.4 Å². The van der Waals surface area contributed by atoms with Gasteiger partial charge in [0.2, 0.25) is 10.4 Å². The zero-order chi connectivity index (χ0) is 46.2. The number of nitrogen functional groups attached to an aromatic ring is 1. The Bertz CT molecular complexity index is 2870. The molecular formula is C31H33N5Na4O21S6. The third-order valence-electron chi connectivity index (χ3n) is 7.99. The number of methoxy groups -OCH3 is 2. The zero-order valence-electron chi connectivity index (χ0n) is 35.7. The van der Waals surface area contributed by atoms with Crippen LogP contribution in [0.4, 0.5) is 28.4 Å². The van der Waals surface area contributed by atoms with Gasteiger partial charge in [-0.3, -0.25) is 18.4 Å². The second-order valence-electron chi connectivity index (χ2n) is 11.9. The summed E-state index contributed by atoms with van der Waals surface area (Å²) in [6, 6.07) is 6.31. The van der Waals surface area contributed by atoms with Gasteiger partial charge in [-0.05, 0) is 54.6 Å². The molecule has 0 bridgehead atoms. The molecule has 67 heavy (non-hydrogen) atoms. The molecule has 26 nitrogen and oxygen atoms in total. The van der Waals surface area contributed by atoms with Gasteiger partial charge in [-0.1, -0.05) is 7.43 Å². The SMILES string of the molecule is C.COc1cc(S(=O)(=O)CCOS(=O)(=O)[O-])c(C)cc1N=Nc1c(S(=O)(=O)[O-])cc2cc(SOO[O-])c(N=Nc3cc(C)c(S(=O)(=O)CCOSOO[O-])cc3OC)c(O)c2c1N.[Na+].[Na+].[Na+].[Na+]. The summed E-state index contributed by atoms with van der Waals surface area (Å²) in [4.78, 5) is -1.93. The van der Waals surface area contributed by atoms with Crippen molar-refractivity contribution in [2.45, 2.75) is 40.9 Å². The Balaban J connectivity index is 0. The number of hydrogen-bond acceptors (Lipinski definition) is 28. The number of anilines is 1. The van der Waals surface area contributed by atoms with Crippen molar-refractivity contribution in [3.63, 3.8) is 0 Å². The minimum Gasteiger partial charge on any atom is -0.744 e. The number of fused-ring (bicyclic) bond motifs is 1. The molecule has 0 saturated carbocycles. The van der Waals surface area contributed by atoms with Crippen LogP contribution in [0.25, 0.3) is 10.8 Å². The Hall–Kier alpha value is -0.360.